The number of halogens is 2. The standard InChI is InChI=1S/C14H10BF2NO4/c1-21-13-10(17)9(16)4-7-11(13)18(6-2-3-6)5-8(12(7)19)14(20)22-15/h4-6H,2-3H2,1H3. The molecule has 1 fully saturated rings. The highest BCUT2D eigenvalue weighted by Crippen LogP contribution is 2.40. The molecule has 2 aromatic rings. The van der Waals surface area contributed by atoms with Crippen molar-refractivity contribution in [2.75, 3.05) is 7.11 Å². The van der Waals surface area contributed by atoms with Gasteiger partial charge in [0.15, 0.2) is 11.6 Å². The minimum atomic E-state index is -1.23. The molecule has 1 aromatic carbocycles. The second kappa shape index (κ2) is 5.12. The zero-order valence-electron chi connectivity index (χ0n) is 11.6. The molecule has 0 unspecified atom stereocenters. The molecular weight excluding hydrogens is 295 g/mol. The molecule has 1 saturated carbocycles. The predicted octanol–water partition coefficient (Wildman–Crippen LogP) is 1.86. The van der Waals surface area contributed by atoms with Crippen LogP contribution in [0, 0.1) is 11.6 Å². The van der Waals surface area contributed by atoms with Crippen molar-refractivity contribution in [3.05, 3.63) is 39.7 Å². The van der Waals surface area contributed by atoms with Crippen molar-refractivity contribution in [2.45, 2.75) is 18.9 Å². The number of ether oxygens (including phenoxy) is 1. The van der Waals surface area contributed by atoms with E-state index in [1.807, 2.05) is 0 Å². The number of nitrogens with zero attached hydrogens (tertiary/aromatic N) is 1. The summed E-state index contributed by atoms with van der Waals surface area (Å²) in [5.41, 5.74) is -1.02. The van der Waals surface area contributed by atoms with Crippen LogP contribution in [0.3, 0.4) is 0 Å². The third kappa shape index (κ3) is 2.06. The predicted molar refractivity (Wildman–Crippen MR) is 74.1 cm³/mol. The summed E-state index contributed by atoms with van der Waals surface area (Å²) in [6, 6.07) is 0.730. The van der Waals surface area contributed by atoms with E-state index < -0.39 is 23.0 Å². The number of carbonyl (C=O) groups excluding carboxylic acids is 1. The molecule has 0 amide bonds. The van der Waals surface area contributed by atoms with Gasteiger partial charge >= 0.3 is 14.0 Å². The number of benzene rings is 1. The van der Waals surface area contributed by atoms with Crippen molar-refractivity contribution < 1.29 is 23.0 Å². The van der Waals surface area contributed by atoms with Crippen LogP contribution in [-0.4, -0.2) is 25.7 Å². The van der Waals surface area contributed by atoms with Crippen LogP contribution in [0.5, 0.6) is 5.75 Å². The van der Waals surface area contributed by atoms with Crippen molar-refractivity contribution in [1.82, 2.24) is 4.57 Å². The van der Waals surface area contributed by atoms with E-state index in [-0.39, 0.29) is 28.3 Å². The Labute approximate surface area is 124 Å². The molecule has 1 aliphatic rings. The SMILES string of the molecule is [B]OC(=O)c1cn(C2CC2)c2c(OC)c(F)c(F)cc2c1=O. The van der Waals surface area contributed by atoms with E-state index in [1.165, 1.54) is 17.9 Å². The number of rotatable bonds is 3. The van der Waals surface area contributed by atoms with Gasteiger partial charge in [-0.25, -0.2) is 9.18 Å². The molecule has 8 heteroatoms. The lowest BCUT2D eigenvalue weighted by Gasteiger charge is -2.15. The minimum absolute atomic E-state index is 0.0221. The second-order valence-electron chi connectivity index (χ2n) is 5.02. The van der Waals surface area contributed by atoms with Gasteiger partial charge in [-0.2, -0.15) is 4.39 Å². The van der Waals surface area contributed by atoms with E-state index in [4.69, 9.17) is 12.8 Å². The topological polar surface area (TPSA) is 57.5 Å². The quantitative estimate of drug-likeness (QED) is 0.812. The van der Waals surface area contributed by atoms with Crippen LogP contribution in [0.1, 0.15) is 29.2 Å². The van der Waals surface area contributed by atoms with Gasteiger partial charge in [0, 0.05) is 12.2 Å². The Bertz CT molecular complexity index is 845. The summed E-state index contributed by atoms with van der Waals surface area (Å²) in [5, 5.41) is -0.162. The molecule has 22 heavy (non-hydrogen) atoms. The molecule has 0 N–H and O–H groups in total. The number of hydrogen-bond donors (Lipinski definition) is 0. The Morgan fingerprint density at radius 3 is 2.64 bits per heavy atom. The van der Waals surface area contributed by atoms with E-state index >= 15 is 0 Å². The number of carbonyl (C=O) groups is 1. The van der Waals surface area contributed by atoms with Gasteiger partial charge in [0.05, 0.1) is 18.0 Å². The Morgan fingerprint density at radius 2 is 2.09 bits per heavy atom. The average molecular weight is 305 g/mol. The number of aromatic nitrogens is 1. The third-order valence-corrected chi connectivity index (χ3v) is 3.64. The molecule has 112 valence electrons. The Balaban J connectivity index is 2.47. The zero-order valence-corrected chi connectivity index (χ0v) is 11.6. The molecule has 0 spiro atoms. The van der Waals surface area contributed by atoms with Crippen LogP contribution in [0.25, 0.3) is 10.9 Å². The highest BCUT2D eigenvalue weighted by atomic mass is 19.2. The van der Waals surface area contributed by atoms with Crippen molar-refractivity contribution in [2.24, 2.45) is 0 Å². The van der Waals surface area contributed by atoms with Crippen LogP contribution in [-0.2, 0) is 4.65 Å². The fourth-order valence-electron chi connectivity index (χ4n) is 2.47. The fraction of sp³-hybridized carbons (Fsp3) is 0.286. The largest absolute Gasteiger partial charge is 0.540 e. The zero-order chi connectivity index (χ0) is 16.0. The normalized spacial score (nSPS) is 14.1. The van der Waals surface area contributed by atoms with E-state index in [1.54, 1.807) is 0 Å². The molecule has 3 rings (SSSR count). The van der Waals surface area contributed by atoms with Gasteiger partial charge in [-0.15, -0.1) is 0 Å². The van der Waals surface area contributed by atoms with Gasteiger partial charge in [0.1, 0.15) is 5.56 Å². The van der Waals surface area contributed by atoms with Crippen LogP contribution >= 0.6 is 0 Å². The first-order valence-corrected chi connectivity index (χ1v) is 6.51. The molecule has 0 saturated heterocycles. The molecule has 1 aromatic heterocycles. The molecule has 2 radical (unpaired) electrons. The van der Waals surface area contributed by atoms with Crippen LogP contribution in [0.15, 0.2) is 17.1 Å². The Hall–Kier alpha value is -2.38. The number of fused-ring (bicyclic) bond motifs is 1. The number of hydrogen-bond acceptors (Lipinski definition) is 4. The summed E-state index contributed by atoms with van der Waals surface area (Å²) in [6.45, 7) is 0. The molecule has 1 aliphatic carbocycles. The molecule has 0 atom stereocenters. The highest BCUT2D eigenvalue weighted by Gasteiger charge is 2.30. The second-order valence-corrected chi connectivity index (χ2v) is 5.02. The maximum Gasteiger partial charge on any atom is 0.378 e. The Kier molecular flexibility index (Phi) is 3.39. The van der Waals surface area contributed by atoms with Gasteiger partial charge in [-0.3, -0.25) is 4.79 Å². The molecule has 0 aliphatic heterocycles. The number of methoxy groups -OCH3 is 1. The lowest BCUT2D eigenvalue weighted by Crippen LogP contribution is -2.21. The van der Waals surface area contributed by atoms with E-state index in [0.717, 1.165) is 18.9 Å². The van der Waals surface area contributed by atoms with Crippen molar-refractivity contribution in [3.63, 3.8) is 0 Å². The minimum Gasteiger partial charge on any atom is -0.540 e. The van der Waals surface area contributed by atoms with Gasteiger partial charge in [-0.1, -0.05) is 0 Å². The molecule has 5 nitrogen and oxygen atoms in total. The first kappa shape index (κ1) is 14.6. The Morgan fingerprint density at radius 1 is 1.41 bits per heavy atom. The molecular formula is C14H10BF2NO4. The van der Waals surface area contributed by atoms with Crippen molar-refractivity contribution in [3.8, 4) is 5.75 Å². The summed E-state index contributed by atoms with van der Waals surface area (Å²) in [5.74, 6) is -3.82. The summed E-state index contributed by atoms with van der Waals surface area (Å²) in [6.07, 6.45) is 2.83. The van der Waals surface area contributed by atoms with Gasteiger partial charge in [0.25, 0.3) is 0 Å². The first-order chi connectivity index (χ1) is 10.5. The summed E-state index contributed by atoms with van der Waals surface area (Å²) < 4.78 is 38.2. The summed E-state index contributed by atoms with van der Waals surface area (Å²) in [4.78, 5) is 24.0. The van der Waals surface area contributed by atoms with Gasteiger partial charge < -0.3 is 14.0 Å². The molecule has 0 bridgehead atoms. The van der Waals surface area contributed by atoms with E-state index in [2.05, 4.69) is 4.65 Å². The summed E-state index contributed by atoms with van der Waals surface area (Å²) >= 11 is 0. The van der Waals surface area contributed by atoms with Crippen LogP contribution in [0.2, 0.25) is 0 Å². The first-order valence-electron chi connectivity index (χ1n) is 6.51. The van der Waals surface area contributed by atoms with Crippen LogP contribution < -0.4 is 10.2 Å². The van der Waals surface area contributed by atoms with Crippen LogP contribution in [0.4, 0.5) is 8.78 Å². The highest BCUT2D eigenvalue weighted by molar-refractivity contribution is 6.10. The molecule has 1 heterocycles. The average Bonchev–Trinajstić information content (AvgIpc) is 3.34. The maximum absolute atomic E-state index is 13.9. The van der Waals surface area contributed by atoms with Gasteiger partial charge in [0.2, 0.25) is 11.2 Å². The van der Waals surface area contributed by atoms with Gasteiger partial charge in [-0.05, 0) is 18.9 Å². The van der Waals surface area contributed by atoms with Crippen molar-refractivity contribution in [1.29, 1.82) is 0 Å². The lowest BCUT2D eigenvalue weighted by molar-refractivity contribution is 0.0747. The maximum atomic E-state index is 13.9. The van der Waals surface area contributed by atoms with E-state index in [9.17, 15) is 18.4 Å². The monoisotopic (exact) mass is 305 g/mol. The lowest BCUT2D eigenvalue weighted by atomic mass is 10.1. The van der Waals surface area contributed by atoms with E-state index in [0.29, 0.717) is 0 Å². The smallest absolute Gasteiger partial charge is 0.378 e. The summed E-state index contributed by atoms with van der Waals surface area (Å²) in [7, 11) is 5.99. The third-order valence-electron chi connectivity index (χ3n) is 3.64. The number of pyridine rings is 1. The van der Waals surface area contributed by atoms with Crippen molar-refractivity contribution >= 4 is 24.9 Å². The fourth-order valence-corrected chi connectivity index (χ4v) is 2.47.